The SMILES string of the molecule is CS(=O)(=O)N1CCN(C(=O)COCC(F)(F)F)CC1. The van der Waals surface area contributed by atoms with Crippen LogP contribution in [0, 0.1) is 0 Å². The van der Waals surface area contributed by atoms with E-state index in [4.69, 9.17) is 0 Å². The Morgan fingerprint density at radius 3 is 2.16 bits per heavy atom. The molecule has 0 aromatic heterocycles. The van der Waals surface area contributed by atoms with E-state index >= 15 is 0 Å². The van der Waals surface area contributed by atoms with Crippen LogP contribution in [0.2, 0.25) is 0 Å². The number of carbonyl (C=O) groups excluding carboxylic acids is 1. The van der Waals surface area contributed by atoms with Gasteiger partial charge in [0.15, 0.2) is 0 Å². The summed E-state index contributed by atoms with van der Waals surface area (Å²) in [5, 5.41) is 0. The fourth-order valence-corrected chi connectivity index (χ4v) is 2.44. The molecule has 1 aliphatic rings. The van der Waals surface area contributed by atoms with Crippen LogP contribution in [0.3, 0.4) is 0 Å². The molecule has 0 atom stereocenters. The lowest BCUT2D eigenvalue weighted by molar-refractivity contribution is -0.178. The predicted octanol–water partition coefficient (Wildman–Crippen LogP) is -0.331. The Morgan fingerprint density at radius 2 is 1.74 bits per heavy atom. The minimum absolute atomic E-state index is 0.143. The number of piperazine rings is 1. The van der Waals surface area contributed by atoms with Gasteiger partial charge in [0.1, 0.15) is 13.2 Å². The second-order valence-electron chi connectivity index (χ2n) is 4.15. The normalized spacial score (nSPS) is 18.6. The van der Waals surface area contributed by atoms with Crippen molar-refractivity contribution in [1.82, 2.24) is 9.21 Å². The van der Waals surface area contributed by atoms with Crippen LogP contribution in [0.4, 0.5) is 13.2 Å². The molecule has 1 fully saturated rings. The van der Waals surface area contributed by atoms with Crippen molar-refractivity contribution < 1.29 is 31.1 Å². The topological polar surface area (TPSA) is 66.9 Å². The number of rotatable bonds is 4. The first-order valence-corrected chi connectivity index (χ1v) is 7.32. The Morgan fingerprint density at radius 1 is 1.21 bits per heavy atom. The van der Waals surface area contributed by atoms with Crippen LogP contribution in [-0.2, 0) is 19.6 Å². The molecule has 0 saturated carbocycles. The summed E-state index contributed by atoms with van der Waals surface area (Å²) in [6, 6.07) is 0. The Bertz CT molecular complexity index is 416. The summed E-state index contributed by atoms with van der Waals surface area (Å²) >= 11 is 0. The monoisotopic (exact) mass is 304 g/mol. The maximum atomic E-state index is 11.8. The Hall–Kier alpha value is -0.870. The largest absolute Gasteiger partial charge is 0.411 e. The lowest BCUT2D eigenvalue weighted by Crippen LogP contribution is -2.51. The number of halogens is 3. The van der Waals surface area contributed by atoms with Gasteiger partial charge in [-0.1, -0.05) is 0 Å². The maximum Gasteiger partial charge on any atom is 0.411 e. The van der Waals surface area contributed by atoms with Gasteiger partial charge in [-0.3, -0.25) is 4.79 Å². The van der Waals surface area contributed by atoms with Gasteiger partial charge < -0.3 is 9.64 Å². The zero-order valence-corrected chi connectivity index (χ0v) is 11.1. The molecule has 1 amide bonds. The summed E-state index contributed by atoms with van der Waals surface area (Å²) in [5.41, 5.74) is 0. The van der Waals surface area contributed by atoms with E-state index in [1.54, 1.807) is 0 Å². The summed E-state index contributed by atoms with van der Waals surface area (Å²) in [6.07, 6.45) is -3.40. The van der Waals surface area contributed by atoms with Crippen LogP contribution >= 0.6 is 0 Å². The molecule has 1 saturated heterocycles. The molecule has 0 radical (unpaired) electrons. The van der Waals surface area contributed by atoms with Gasteiger partial charge in [0, 0.05) is 26.2 Å². The van der Waals surface area contributed by atoms with Crippen LogP contribution in [-0.4, -0.2) is 75.4 Å². The molecular formula is C9H15F3N2O4S. The molecule has 0 unspecified atom stereocenters. The van der Waals surface area contributed by atoms with Crippen molar-refractivity contribution in [2.24, 2.45) is 0 Å². The van der Waals surface area contributed by atoms with Crippen molar-refractivity contribution in [1.29, 1.82) is 0 Å². The van der Waals surface area contributed by atoms with Gasteiger partial charge >= 0.3 is 6.18 Å². The number of amides is 1. The summed E-state index contributed by atoms with van der Waals surface area (Å²) in [5.74, 6) is -0.572. The summed E-state index contributed by atoms with van der Waals surface area (Å²) in [7, 11) is -3.30. The molecule has 10 heteroatoms. The van der Waals surface area contributed by atoms with Gasteiger partial charge in [0.25, 0.3) is 0 Å². The van der Waals surface area contributed by atoms with Crippen molar-refractivity contribution in [2.75, 3.05) is 45.6 Å². The second-order valence-corrected chi connectivity index (χ2v) is 6.13. The van der Waals surface area contributed by atoms with Gasteiger partial charge in [-0.25, -0.2) is 8.42 Å². The smallest absolute Gasteiger partial charge is 0.362 e. The van der Waals surface area contributed by atoms with Crippen molar-refractivity contribution in [2.45, 2.75) is 6.18 Å². The number of hydrogen-bond acceptors (Lipinski definition) is 4. The van der Waals surface area contributed by atoms with E-state index in [0.717, 1.165) is 6.26 Å². The minimum Gasteiger partial charge on any atom is -0.362 e. The second kappa shape index (κ2) is 6.06. The highest BCUT2D eigenvalue weighted by atomic mass is 32.2. The third-order valence-electron chi connectivity index (χ3n) is 2.55. The van der Waals surface area contributed by atoms with Crippen molar-refractivity contribution in [3.8, 4) is 0 Å². The molecule has 1 rings (SSSR count). The highest BCUT2D eigenvalue weighted by Gasteiger charge is 2.29. The quantitative estimate of drug-likeness (QED) is 0.713. The fourth-order valence-electron chi connectivity index (χ4n) is 1.61. The highest BCUT2D eigenvalue weighted by molar-refractivity contribution is 7.88. The molecule has 6 nitrogen and oxygen atoms in total. The number of hydrogen-bond donors (Lipinski definition) is 0. The van der Waals surface area contributed by atoms with Gasteiger partial charge in [-0.15, -0.1) is 0 Å². The lowest BCUT2D eigenvalue weighted by Gasteiger charge is -2.33. The molecule has 0 aromatic carbocycles. The molecule has 0 aliphatic carbocycles. The van der Waals surface area contributed by atoms with Crippen LogP contribution < -0.4 is 0 Å². The number of nitrogens with zero attached hydrogens (tertiary/aromatic N) is 2. The van der Waals surface area contributed by atoms with E-state index in [-0.39, 0.29) is 26.2 Å². The molecule has 1 aliphatic heterocycles. The van der Waals surface area contributed by atoms with E-state index in [1.165, 1.54) is 9.21 Å². The lowest BCUT2D eigenvalue weighted by atomic mass is 10.3. The predicted molar refractivity (Wildman–Crippen MR) is 59.9 cm³/mol. The summed E-state index contributed by atoms with van der Waals surface area (Å²) < 4.78 is 63.3. The van der Waals surface area contributed by atoms with Gasteiger partial charge in [0.2, 0.25) is 15.9 Å². The zero-order valence-electron chi connectivity index (χ0n) is 10.3. The molecule has 0 spiro atoms. The average molecular weight is 304 g/mol. The van der Waals surface area contributed by atoms with Gasteiger partial charge in [-0.2, -0.15) is 17.5 Å². The van der Waals surface area contributed by atoms with E-state index in [0.29, 0.717) is 0 Å². The van der Waals surface area contributed by atoms with E-state index in [1.807, 2.05) is 0 Å². The number of ether oxygens (including phenoxy) is 1. The van der Waals surface area contributed by atoms with E-state index < -0.39 is 35.3 Å². The zero-order chi connectivity index (χ0) is 14.7. The minimum atomic E-state index is -4.46. The number of sulfonamides is 1. The van der Waals surface area contributed by atoms with Gasteiger partial charge in [0.05, 0.1) is 6.26 Å². The molecule has 1 heterocycles. The maximum absolute atomic E-state index is 11.8. The van der Waals surface area contributed by atoms with E-state index in [2.05, 4.69) is 4.74 Å². The van der Waals surface area contributed by atoms with Crippen molar-refractivity contribution in [3.05, 3.63) is 0 Å². The Labute approximate surface area is 109 Å². The first kappa shape index (κ1) is 16.2. The van der Waals surface area contributed by atoms with E-state index in [9.17, 15) is 26.4 Å². The first-order valence-electron chi connectivity index (χ1n) is 5.47. The third-order valence-corrected chi connectivity index (χ3v) is 3.85. The van der Waals surface area contributed by atoms with Crippen LogP contribution in [0.1, 0.15) is 0 Å². The molecule has 0 aromatic rings. The average Bonchev–Trinajstić information content (AvgIpc) is 2.26. The number of alkyl halides is 3. The molecule has 112 valence electrons. The first-order chi connectivity index (χ1) is 8.59. The van der Waals surface area contributed by atoms with Gasteiger partial charge in [-0.05, 0) is 0 Å². The molecule has 0 bridgehead atoms. The van der Waals surface area contributed by atoms with Crippen molar-refractivity contribution in [3.63, 3.8) is 0 Å². The summed E-state index contributed by atoms with van der Waals surface area (Å²) in [6.45, 7) is -1.53. The molecule has 0 N–H and O–H groups in total. The fraction of sp³-hybridized carbons (Fsp3) is 0.889. The third kappa shape index (κ3) is 5.74. The Kier molecular flexibility index (Phi) is 5.16. The highest BCUT2D eigenvalue weighted by Crippen LogP contribution is 2.14. The van der Waals surface area contributed by atoms with Crippen molar-refractivity contribution >= 4 is 15.9 Å². The molecular weight excluding hydrogens is 289 g/mol. The van der Waals surface area contributed by atoms with Crippen LogP contribution in [0.5, 0.6) is 0 Å². The number of carbonyl (C=O) groups is 1. The standard InChI is InChI=1S/C9H15F3N2O4S/c1-19(16,17)14-4-2-13(3-5-14)8(15)6-18-7-9(10,11)12/h2-7H2,1H3. The Balaban J connectivity index is 2.33. The van der Waals surface area contributed by atoms with Crippen LogP contribution in [0.15, 0.2) is 0 Å². The van der Waals surface area contributed by atoms with Crippen LogP contribution in [0.25, 0.3) is 0 Å². The summed E-state index contributed by atoms with van der Waals surface area (Å²) in [4.78, 5) is 12.8. The molecule has 19 heavy (non-hydrogen) atoms.